The molecule has 1 saturated heterocycles. The molecule has 7 nitrogen and oxygen atoms in total. The number of hydrogen-bond donors (Lipinski definition) is 2. The average molecular weight is 483 g/mol. The van der Waals surface area contributed by atoms with Crippen molar-refractivity contribution < 1.29 is 24.2 Å². The van der Waals surface area contributed by atoms with Crippen LogP contribution in [0.2, 0.25) is 0 Å². The Morgan fingerprint density at radius 2 is 1.76 bits per heavy atom. The van der Waals surface area contributed by atoms with Gasteiger partial charge in [0.15, 0.2) is 5.92 Å². The number of carbonyl (C=O) groups excluding carboxylic acids is 2. The molecule has 180 valence electrons. The van der Waals surface area contributed by atoms with E-state index in [9.17, 15) is 14.7 Å². The fourth-order valence-corrected chi connectivity index (χ4v) is 5.98. The highest BCUT2D eigenvalue weighted by Gasteiger charge is 2.42. The average Bonchev–Trinajstić information content (AvgIpc) is 3.23. The molecule has 0 amide bonds. The molecular formula is C26H30N2O5S. The van der Waals surface area contributed by atoms with Crippen LogP contribution in [0.5, 0.6) is 0 Å². The number of fused-ring (bicyclic) bond motifs is 1. The van der Waals surface area contributed by atoms with Crippen molar-refractivity contribution in [2.75, 3.05) is 33.9 Å². The molecule has 1 fully saturated rings. The molecule has 0 radical (unpaired) electrons. The van der Waals surface area contributed by atoms with Gasteiger partial charge in [-0.2, -0.15) is 0 Å². The fraction of sp³-hybridized carbons (Fsp3) is 0.385. The molecule has 34 heavy (non-hydrogen) atoms. The number of esters is 2. The molecule has 2 N–H and O–H groups in total. The Balaban J connectivity index is 1.76. The maximum absolute atomic E-state index is 12.5. The SMILES string of the molecule is COC(=O)C(C(=O)OC)[C@@H]1CCN(CCO)[C@H](c2[nH]c3ccccc3c2Sc2ccccc2)C1. The molecule has 0 aliphatic carbocycles. The van der Waals surface area contributed by atoms with Gasteiger partial charge in [-0.1, -0.05) is 48.2 Å². The van der Waals surface area contributed by atoms with Gasteiger partial charge in [0.25, 0.3) is 0 Å². The molecule has 2 heterocycles. The summed E-state index contributed by atoms with van der Waals surface area (Å²) in [5, 5.41) is 10.9. The van der Waals surface area contributed by atoms with Gasteiger partial charge in [-0.15, -0.1) is 0 Å². The van der Waals surface area contributed by atoms with E-state index in [0.717, 1.165) is 26.4 Å². The molecule has 1 aliphatic heterocycles. The lowest BCUT2D eigenvalue weighted by molar-refractivity contribution is -0.163. The normalized spacial score (nSPS) is 18.8. The minimum Gasteiger partial charge on any atom is -0.468 e. The molecule has 4 rings (SSSR count). The number of H-pyrrole nitrogens is 1. The third-order valence-corrected chi connectivity index (χ3v) is 7.66. The predicted molar refractivity (Wildman–Crippen MR) is 131 cm³/mol. The number of β-amino-alcohol motifs (C(OH)–C–C–N with tert-alkyl or cyclic N) is 1. The van der Waals surface area contributed by atoms with Crippen LogP contribution in [-0.2, 0) is 19.1 Å². The zero-order valence-electron chi connectivity index (χ0n) is 19.4. The largest absolute Gasteiger partial charge is 0.468 e. The second-order valence-electron chi connectivity index (χ2n) is 8.41. The van der Waals surface area contributed by atoms with Crippen LogP contribution in [-0.4, -0.2) is 60.8 Å². The number of piperidine rings is 1. The van der Waals surface area contributed by atoms with E-state index in [1.807, 2.05) is 30.3 Å². The number of para-hydroxylation sites is 1. The minimum atomic E-state index is -0.969. The van der Waals surface area contributed by atoms with Gasteiger partial charge in [0, 0.05) is 32.9 Å². The highest BCUT2D eigenvalue weighted by Crippen LogP contribution is 2.45. The number of likely N-dealkylation sites (tertiary alicyclic amines) is 1. The molecule has 1 aromatic heterocycles. The number of aromatic amines is 1. The van der Waals surface area contributed by atoms with Crippen LogP contribution < -0.4 is 0 Å². The van der Waals surface area contributed by atoms with Crippen LogP contribution in [0, 0.1) is 11.8 Å². The van der Waals surface area contributed by atoms with Crippen LogP contribution in [0.4, 0.5) is 0 Å². The number of hydrogen-bond acceptors (Lipinski definition) is 7. The lowest BCUT2D eigenvalue weighted by Gasteiger charge is -2.40. The van der Waals surface area contributed by atoms with Gasteiger partial charge < -0.3 is 19.6 Å². The van der Waals surface area contributed by atoms with Crippen molar-refractivity contribution >= 4 is 34.6 Å². The number of rotatable bonds is 8. The van der Waals surface area contributed by atoms with Crippen LogP contribution >= 0.6 is 11.8 Å². The van der Waals surface area contributed by atoms with Crippen molar-refractivity contribution in [1.82, 2.24) is 9.88 Å². The second kappa shape index (κ2) is 11.1. The maximum atomic E-state index is 12.5. The van der Waals surface area contributed by atoms with Crippen molar-refractivity contribution in [3.05, 3.63) is 60.3 Å². The lowest BCUT2D eigenvalue weighted by Crippen LogP contribution is -2.44. The maximum Gasteiger partial charge on any atom is 0.320 e. The Labute approximate surface area is 203 Å². The van der Waals surface area contributed by atoms with E-state index in [1.165, 1.54) is 14.2 Å². The first-order valence-electron chi connectivity index (χ1n) is 11.4. The Hall–Kier alpha value is -2.81. The highest BCUT2D eigenvalue weighted by atomic mass is 32.2. The molecule has 2 atom stereocenters. The first-order valence-corrected chi connectivity index (χ1v) is 12.2. The number of aliphatic hydroxyl groups is 1. The first-order chi connectivity index (χ1) is 16.6. The van der Waals surface area contributed by atoms with Crippen molar-refractivity contribution in [3.63, 3.8) is 0 Å². The molecule has 2 aromatic carbocycles. The van der Waals surface area contributed by atoms with Crippen molar-refractivity contribution in [1.29, 1.82) is 0 Å². The summed E-state index contributed by atoms with van der Waals surface area (Å²) in [5.74, 6) is -2.34. The zero-order chi connectivity index (χ0) is 24.1. The molecule has 0 bridgehead atoms. The fourth-order valence-electron chi connectivity index (χ4n) is 4.86. The molecule has 8 heteroatoms. The van der Waals surface area contributed by atoms with E-state index in [0.29, 0.717) is 25.9 Å². The quantitative estimate of drug-likeness (QED) is 0.370. The van der Waals surface area contributed by atoms with Gasteiger partial charge in [0.05, 0.1) is 26.9 Å². The number of nitrogens with one attached hydrogen (secondary N) is 1. The van der Waals surface area contributed by atoms with E-state index in [4.69, 9.17) is 9.47 Å². The summed E-state index contributed by atoms with van der Waals surface area (Å²) in [6, 6.07) is 18.3. The van der Waals surface area contributed by atoms with E-state index in [1.54, 1.807) is 11.8 Å². The number of ether oxygens (including phenoxy) is 2. The summed E-state index contributed by atoms with van der Waals surface area (Å²) in [4.78, 5) is 33.1. The number of aliphatic hydroxyl groups excluding tert-OH is 1. The van der Waals surface area contributed by atoms with Crippen LogP contribution in [0.15, 0.2) is 64.4 Å². The van der Waals surface area contributed by atoms with Crippen LogP contribution in [0.25, 0.3) is 10.9 Å². The summed E-state index contributed by atoms with van der Waals surface area (Å²) >= 11 is 1.69. The smallest absolute Gasteiger partial charge is 0.320 e. The Morgan fingerprint density at radius 3 is 2.44 bits per heavy atom. The predicted octanol–water partition coefficient (Wildman–Crippen LogP) is 4.03. The summed E-state index contributed by atoms with van der Waals surface area (Å²) < 4.78 is 9.90. The molecule has 1 aliphatic rings. The summed E-state index contributed by atoms with van der Waals surface area (Å²) in [7, 11) is 2.59. The Morgan fingerprint density at radius 1 is 1.09 bits per heavy atom. The zero-order valence-corrected chi connectivity index (χ0v) is 20.2. The van der Waals surface area contributed by atoms with Gasteiger partial charge in [0.2, 0.25) is 0 Å². The molecule has 0 saturated carbocycles. The van der Waals surface area contributed by atoms with Gasteiger partial charge >= 0.3 is 11.9 Å². The lowest BCUT2D eigenvalue weighted by atomic mass is 9.80. The van der Waals surface area contributed by atoms with Crippen molar-refractivity contribution in [2.24, 2.45) is 11.8 Å². The first kappa shape index (κ1) is 24.3. The Bertz CT molecular complexity index is 1120. The van der Waals surface area contributed by atoms with E-state index in [-0.39, 0.29) is 18.6 Å². The third kappa shape index (κ3) is 4.99. The van der Waals surface area contributed by atoms with E-state index < -0.39 is 17.9 Å². The van der Waals surface area contributed by atoms with E-state index >= 15 is 0 Å². The van der Waals surface area contributed by atoms with Gasteiger partial charge in [-0.3, -0.25) is 14.5 Å². The minimum absolute atomic E-state index is 0.0278. The Kier molecular flexibility index (Phi) is 7.92. The monoisotopic (exact) mass is 482 g/mol. The third-order valence-electron chi connectivity index (χ3n) is 6.50. The number of carbonyl (C=O) groups is 2. The second-order valence-corrected chi connectivity index (χ2v) is 9.50. The van der Waals surface area contributed by atoms with Gasteiger partial charge in [-0.05, 0) is 43.5 Å². The van der Waals surface area contributed by atoms with Crippen molar-refractivity contribution in [3.8, 4) is 0 Å². The van der Waals surface area contributed by atoms with Crippen LogP contribution in [0.1, 0.15) is 24.6 Å². The van der Waals surface area contributed by atoms with Crippen molar-refractivity contribution in [2.45, 2.75) is 28.7 Å². The van der Waals surface area contributed by atoms with E-state index in [2.05, 4.69) is 34.1 Å². The van der Waals surface area contributed by atoms with Crippen LogP contribution in [0.3, 0.4) is 0 Å². The summed E-state index contributed by atoms with van der Waals surface area (Å²) in [6.07, 6.45) is 1.19. The topological polar surface area (TPSA) is 91.9 Å². The number of methoxy groups -OCH3 is 2. The number of benzene rings is 2. The standard InChI is InChI=1S/C26H30N2O5S/c1-32-25(30)22(26(31)33-2)17-12-13-28(14-15-29)21(16-17)23-24(34-18-8-4-3-5-9-18)19-10-6-7-11-20(19)27-23/h3-11,17,21-22,27,29H,12-16H2,1-2H3/t17-,21+/m1/s1. The number of aromatic nitrogens is 1. The summed E-state index contributed by atoms with van der Waals surface area (Å²) in [6.45, 7) is 1.18. The molecule has 0 spiro atoms. The van der Waals surface area contributed by atoms with Gasteiger partial charge in [0.1, 0.15) is 0 Å². The highest BCUT2D eigenvalue weighted by molar-refractivity contribution is 7.99. The summed E-state index contributed by atoms with van der Waals surface area (Å²) in [5.41, 5.74) is 2.06. The number of nitrogens with zero attached hydrogens (tertiary/aromatic N) is 1. The van der Waals surface area contributed by atoms with Gasteiger partial charge in [-0.25, -0.2) is 0 Å². The molecular weight excluding hydrogens is 452 g/mol. The molecule has 3 aromatic rings. The molecule has 0 unspecified atom stereocenters.